The number of aromatic nitrogens is 1. The van der Waals surface area contributed by atoms with Gasteiger partial charge in [0.05, 0.1) is 23.3 Å². The number of anilines is 1. The van der Waals surface area contributed by atoms with E-state index in [2.05, 4.69) is 15.6 Å². The zero-order chi connectivity index (χ0) is 31.0. The van der Waals surface area contributed by atoms with Crippen LogP contribution in [0, 0.1) is 11.6 Å². The number of hydrogen-bond acceptors (Lipinski definition) is 8. The number of nitrogens with zero attached hydrogens (tertiary/aromatic N) is 2. The number of halogens is 3. The predicted molar refractivity (Wildman–Crippen MR) is 149 cm³/mol. The molecule has 1 heterocycles. The summed E-state index contributed by atoms with van der Waals surface area (Å²) in [5.74, 6) is -2.54. The van der Waals surface area contributed by atoms with Crippen LogP contribution in [0.2, 0.25) is 5.02 Å². The van der Waals surface area contributed by atoms with Crippen LogP contribution in [0.5, 0.6) is 0 Å². The second-order valence-corrected chi connectivity index (χ2v) is 9.86. The Balaban J connectivity index is 1.67. The third-order valence-electron chi connectivity index (χ3n) is 6.41. The number of carbonyl (C=O) groups excluding carboxylic acids is 2. The minimum absolute atomic E-state index is 0.0681. The Morgan fingerprint density at radius 2 is 1.86 bits per heavy atom. The lowest BCUT2D eigenvalue weighted by Crippen LogP contribution is -2.48. The number of aliphatic carboxylic acids is 1. The molecule has 2 aromatic carbocycles. The third-order valence-corrected chi connectivity index (χ3v) is 6.83. The first-order chi connectivity index (χ1) is 19.8. The molecule has 0 aliphatic heterocycles. The zero-order valence-electron chi connectivity index (χ0n) is 22.3. The molecular weight excluding hydrogens is 580 g/mol. The van der Waals surface area contributed by atoms with E-state index in [-0.39, 0.29) is 23.8 Å². The lowest BCUT2D eigenvalue weighted by Gasteiger charge is -2.30. The van der Waals surface area contributed by atoms with Crippen molar-refractivity contribution in [2.45, 2.75) is 43.7 Å². The summed E-state index contributed by atoms with van der Waals surface area (Å²) >= 11 is 5.94. The van der Waals surface area contributed by atoms with Gasteiger partial charge in [-0.15, -0.1) is 0 Å². The average molecular weight is 610 g/mol. The molecule has 1 aromatic heterocycles. The maximum absolute atomic E-state index is 13.7. The fourth-order valence-electron chi connectivity index (χ4n) is 3.98. The van der Waals surface area contributed by atoms with Crippen molar-refractivity contribution < 1.29 is 43.2 Å². The average Bonchev–Trinajstić information content (AvgIpc) is 2.94. The fraction of sp³-hybridized carbons (Fsp3) is 0.333. The number of aliphatic hydroxyl groups is 2. The molecule has 4 atom stereocenters. The molecular formula is C27H30ClF2N5O7. The van der Waals surface area contributed by atoms with Crippen molar-refractivity contribution in [1.29, 1.82) is 0 Å². The van der Waals surface area contributed by atoms with Crippen LogP contribution in [0.15, 0.2) is 48.7 Å². The Bertz CT molecular complexity index is 1430. The first kappa shape index (κ1) is 32.4. The zero-order valence-corrected chi connectivity index (χ0v) is 23.1. The van der Waals surface area contributed by atoms with E-state index in [4.69, 9.17) is 27.2 Å². The van der Waals surface area contributed by atoms with Crippen molar-refractivity contribution in [3.8, 4) is 0 Å². The van der Waals surface area contributed by atoms with Crippen molar-refractivity contribution in [1.82, 2.24) is 15.2 Å². The number of rotatable bonds is 12. The lowest BCUT2D eigenvalue weighted by molar-refractivity contribution is -0.141. The van der Waals surface area contributed by atoms with E-state index < -0.39 is 67.0 Å². The Hall–Kier alpha value is -4.11. The second kappa shape index (κ2) is 14.7. The number of ether oxygens (including phenoxy) is 1. The van der Waals surface area contributed by atoms with Gasteiger partial charge in [0, 0.05) is 31.6 Å². The van der Waals surface area contributed by atoms with Crippen molar-refractivity contribution in [2.24, 2.45) is 5.73 Å². The smallest absolute Gasteiger partial charge is 0.412 e. The van der Waals surface area contributed by atoms with Crippen molar-refractivity contribution in [3.05, 3.63) is 70.9 Å². The Kier molecular flexibility index (Phi) is 11.3. The van der Waals surface area contributed by atoms with Gasteiger partial charge >= 0.3 is 18.1 Å². The topological polar surface area (TPSA) is 187 Å². The molecule has 12 nitrogen and oxygen atoms in total. The van der Waals surface area contributed by atoms with E-state index in [0.29, 0.717) is 16.3 Å². The van der Waals surface area contributed by atoms with Crippen molar-refractivity contribution in [2.75, 3.05) is 19.0 Å². The van der Waals surface area contributed by atoms with Crippen LogP contribution in [-0.2, 0) is 16.1 Å². The van der Waals surface area contributed by atoms with Crippen LogP contribution in [0.4, 0.5) is 24.2 Å². The number of nitrogens with two attached hydrogens (primary N) is 1. The first-order valence-corrected chi connectivity index (χ1v) is 13.0. The lowest BCUT2D eigenvalue weighted by atomic mass is 9.99. The van der Waals surface area contributed by atoms with E-state index in [1.54, 1.807) is 0 Å². The van der Waals surface area contributed by atoms with E-state index in [0.717, 1.165) is 11.0 Å². The Morgan fingerprint density at radius 1 is 1.12 bits per heavy atom. The highest BCUT2D eigenvalue weighted by Crippen LogP contribution is 2.20. The number of fused-ring (bicyclic) bond motifs is 1. The molecule has 2 unspecified atom stereocenters. The standard InChI is InChI=1S/C27H30ClF2N5O7/c1-35(26(40)33-12-15-3-2-4-20(30)23(15)28)18(9-19(36)10-21(37)24(31)25(38)39)13-42-27(41)34-22-8-16-7-17(29)6-5-14(16)11-32-22/h2-8,11,18-19,21,24,36-37H,9-10,12-13,31H2,1H3,(H,33,40)(H,38,39)(H,32,34,41)/t18-,19?,21?,24-/m0/s1. The van der Waals surface area contributed by atoms with Crippen LogP contribution in [0.3, 0.4) is 0 Å². The molecule has 0 bridgehead atoms. The SMILES string of the molecule is CN(C(=O)NCc1cccc(F)c1Cl)[C@H](COC(=O)Nc1cc2cc(F)ccc2cn1)CC(O)CC(O)[C@H](N)C(=O)O. The molecule has 15 heteroatoms. The van der Waals surface area contributed by atoms with Gasteiger partial charge in [-0.2, -0.15) is 0 Å². The van der Waals surface area contributed by atoms with Crippen molar-refractivity contribution in [3.63, 3.8) is 0 Å². The molecule has 3 rings (SSSR count). The van der Waals surface area contributed by atoms with Crippen molar-refractivity contribution >= 4 is 46.3 Å². The molecule has 0 spiro atoms. The number of aliphatic hydroxyl groups excluding tert-OH is 2. The number of carbonyl (C=O) groups is 3. The quantitative estimate of drug-likeness (QED) is 0.179. The summed E-state index contributed by atoms with van der Waals surface area (Å²) in [6.45, 7) is -0.590. The molecule has 3 amide bonds. The maximum Gasteiger partial charge on any atom is 0.412 e. The van der Waals surface area contributed by atoms with Crippen LogP contribution in [0.25, 0.3) is 10.8 Å². The van der Waals surface area contributed by atoms with Gasteiger partial charge < -0.3 is 36.0 Å². The molecule has 226 valence electrons. The van der Waals surface area contributed by atoms with Crippen LogP contribution >= 0.6 is 11.6 Å². The van der Waals surface area contributed by atoms with Gasteiger partial charge in [-0.1, -0.05) is 23.7 Å². The Labute approximate surface area is 244 Å². The van der Waals surface area contributed by atoms with Crippen LogP contribution in [-0.4, -0.2) is 81.2 Å². The van der Waals surface area contributed by atoms with E-state index >= 15 is 0 Å². The monoisotopic (exact) mass is 609 g/mol. The summed E-state index contributed by atoms with van der Waals surface area (Å²) < 4.78 is 32.6. The molecule has 42 heavy (non-hydrogen) atoms. The third kappa shape index (κ3) is 8.94. The number of carboxylic acid groups (broad SMARTS) is 1. The predicted octanol–water partition coefficient (Wildman–Crippen LogP) is 2.84. The summed E-state index contributed by atoms with van der Waals surface area (Å²) in [5.41, 5.74) is 5.71. The minimum atomic E-state index is -1.65. The molecule has 0 aliphatic carbocycles. The molecule has 0 fully saturated rings. The molecule has 0 aliphatic rings. The summed E-state index contributed by atoms with van der Waals surface area (Å²) in [6.07, 6.45) is -3.19. The number of carboxylic acids is 1. The molecule has 0 saturated carbocycles. The summed E-state index contributed by atoms with van der Waals surface area (Å²) in [7, 11) is 1.35. The summed E-state index contributed by atoms with van der Waals surface area (Å²) in [4.78, 5) is 41.6. The highest BCUT2D eigenvalue weighted by atomic mass is 35.5. The molecule has 7 N–H and O–H groups in total. The number of amides is 3. The van der Waals surface area contributed by atoms with Gasteiger partial charge in [0.15, 0.2) is 0 Å². The number of urea groups is 1. The number of nitrogens with one attached hydrogen (secondary N) is 2. The van der Waals surface area contributed by atoms with Gasteiger partial charge in [0.2, 0.25) is 0 Å². The number of pyridine rings is 1. The van der Waals surface area contributed by atoms with Gasteiger partial charge in [-0.3, -0.25) is 10.1 Å². The van der Waals surface area contributed by atoms with Gasteiger partial charge in [0.1, 0.15) is 30.1 Å². The van der Waals surface area contributed by atoms with Gasteiger partial charge in [-0.25, -0.2) is 23.4 Å². The van der Waals surface area contributed by atoms with Gasteiger partial charge in [-0.05, 0) is 47.7 Å². The molecule has 3 aromatic rings. The largest absolute Gasteiger partial charge is 0.480 e. The van der Waals surface area contributed by atoms with Crippen LogP contribution in [0.1, 0.15) is 18.4 Å². The summed E-state index contributed by atoms with van der Waals surface area (Å²) in [6, 6.07) is 6.27. The number of benzene rings is 2. The number of likely N-dealkylation sites (N-methyl/N-ethyl adjacent to an activating group) is 1. The highest BCUT2D eigenvalue weighted by molar-refractivity contribution is 6.31. The maximum atomic E-state index is 13.7. The summed E-state index contributed by atoms with van der Waals surface area (Å²) in [5, 5.41) is 35.4. The van der Waals surface area contributed by atoms with E-state index in [1.165, 1.54) is 49.6 Å². The highest BCUT2D eigenvalue weighted by Gasteiger charge is 2.29. The van der Waals surface area contributed by atoms with E-state index in [9.17, 15) is 33.4 Å². The van der Waals surface area contributed by atoms with E-state index in [1.807, 2.05) is 0 Å². The van der Waals surface area contributed by atoms with Crippen LogP contribution < -0.4 is 16.4 Å². The fourth-order valence-corrected chi connectivity index (χ4v) is 4.17. The second-order valence-electron chi connectivity index (χ2n) is 9.48. The minimum Gasteiger partial charge on any atom is -0.480 e. The molecule has 0 radical (unpaired) electrons. The normalized spacial score (nSPS) is 14.0. The molecule has 0 saturated heterocycles. The number of hydrogen-bond donors (Lipinski definition) is 6. The first-order valence-electron chi connectivity index (χ1n) is 12.6. The van der Waals surface area contributed by atoms with Gasteiger partial charge in [0.25, 0.3) is 0 Å². The Morgan fingerprint density at radius 3 is 2.57 bits per heavy atom.